The lowest BCUT2D eigenvalue weighted by Crippen LogP contribution is -2.55. The molecule has 3 fully saturated rings. The van der Waals surface area contributed by atoms with Crippen molar-refractivity contribution < 1.29 is 24.5 Å². The van der Waals surface area contributed by atoms with Gasteiger partial charge in [-0.05, 0) is 25.7 Å². The van der Waals surface area contributed by atoms with E-state index in [-0.39, 0.29) is 30.8 Å². The molecule has 0 aromatic carbocycles. The summed E-state index contributed by atoms with van der Waals surface area (Å²) in [6.45, 7) is 2.16. The second kappa shape index (κ2) is 10.7. The molecule has 0 aromatic heterocycles. The highest BCUT2D eigenvalue weighted by atomic mass is 16.7. The van der Waals surface area contributed by atoms with Gasteiger partial charge < -0.3 is 19.7 Å². The van der Waals surface area contributed by atoms with Crippen molar-refractivity contribution in [1.29, 1.82) is 0 Å². The highest BCUT2D eigenvalue weighted by Crippen LogP contribution is 2.40. The highest BCUT2D eigenvalue weighted by molar-refractivity contribution is 5.66. The molecule has 3 aliphatic heterocycles. The molecule has 0 saturated carbocycles. The SMILES string of the molecule is CCCCCC(O)C=C[C@H]1OC2CC(O2)[C@@H]1CC=CCCCC(=O)O. The fraction of sp³-hybridized carbons (Fsp3) is 0.750. The van der Waals surface area contributed by atoms with Gasteiger partial charge in [0.05, 0.1) is 18.3 Å². The van der Waals surface area contributed by atoms with Gasteiger partial charge in [0.25, 0.3) is 0 Å². The zero-order valence-electron chi connectivity index (χ0n) is 15.2. The summed E-state index contributed by atoms with van der Waals surface area (Å²) in [4.78, 5) is 10.5. The van der Waals surface area contributed by atoms with E-state index in [9.17, 15) is 9.90 Å². The van der Waals surface area contributed by atoms with Crippen molar-refractivity contribution in [3.05, 3.63) is 24.3 Å². The number of hydrogen-bond donors (Lipinski definition) is 2. The summed E-state index contributed by atoms with van der Waals surface area (Å²) >= 11 is 0. The normalized spacial score (nSPS) is 29.8. The zero-order chi connectivity index (χ0) is 18.1. The lowest BCUT2D eigenvalue weighted by Gasteiger charge is -2.49. The minimum Gasteiger partial charge on any atom is -0.481 e. The average Bonchev–Trinajstić information content (AvgIpc) is 2.55. The van der Waals surface area contributed by atoms with Crippen LogP contribution in [0.4, 0.5) is 0 Å². The minimum atomic E-state index is -0.745. The second-order valence-corrected chi connectivity index (χ2v) is 7.05. The molecule has 2 bridgehead atoms. The van der Waals surface area contributed by atoms with Crippen LogP contribution in [0, 0.1) is 5.92 Å². The maximum absolute atomic E-state index is 10.5. The van der Waals surface area contributed by atoms with Gasteiger partial charge in [0.1, 0.15) is 0 Å². The Morgan fingerprint density at radius 3 is 2.76 bits per heavy atom. The third-order valence-electron chi connectivity index (χ3n) is 4.92. The first-order valence-electron chi connectivity index (χ1n) is 9.64. The maximum Gasteiger partial charge on any atom is 0.303 e. The van der Waals surface area contributed by atoms with Crippen molar-refractivity contribution in [2.24, 2.45) is 5.92 Å². The Balaban J connectivity index is 1.76. The molecule has 3 saturated heterocycles. The molecule has 3 unspecified atom stereocenters. The quantitative estimate of drug-likeness (QED) is 0.412. The minimum absolute atomic E-state index is 0.0120. The zero-order valence-corrected chi connectivity index (χ0v) is 15.2. The first-order valence-corrected chi connectivity index (χ1v) is 9.64. The second-order valence-electron chi connectivity index (χ2n) is 7.05. The number of rotatable bonds is 12. The van der Waals surface area contributed by atoms with Gasteiger partial charge in [-0.15, -0.1) is 0 Å². The number of allylic oxidation sites excluding steroid dienone is 2. The number of hydrogen-bond acceptors (Lipinski definition) is 4. The molecule has 0 spiro atoms. The fourth-order valence-corrected chi connectivity index (χ4v) is 3.38. The Morgan fingerprint density at radius 2 is 2.04 bits per heavy atom. The van der Waals surface area contributed by atoms with Crippen molar-refractivity contribution in [2.45, 2.75) is 89.3 Å². The first kappa shape index (κ1) is 20.1. The van der Waals surface area contributed by atoms with Crippen molar-refractivity contribution in [3.63, 3.8) is 0 Å². The van der Waals surface area contributed by atoms with Gasteiger partial charge in [-0.25, -0.2) is 0 Å². The van der Waals surface area contributed by atoms with Crippen LogP contribution < -0.4 is 0 Å². The maximum atomic E-state index is 10.5. The van der Waals surface area contributed by atoms with E-state index in [1.54, 1.807) is 0 Å². The van der Waals surface area contributed by atoms with Crippen LogP contribution in [0.25, 0.3) is 0 Å². The van der Waals surface area contributed by atoms with E-state index in [2.05, 4.69) is 13.0 Å². The third kappa shape index (κ3) is 6.92. The van der Waals surface area contributed by atoms with Crippen LogP contribution in [0.5, 0.6) is 0 Å². The van der Waals surface area contributed by atoms with Crippen LogP contribution in [0.1, 0.15) is 64.7 Å². The standard InChI is InChI=1S/C20H32O5/c1-2-3-6-9-15(21)12-13-17-16(18-14-20(24-17)25-18)10-7-4-5-8-11-19(22)23/h4,7,12-13,15-18,20-21H,2-3,5-6,8-11,14H2,1H3,(H,22,23)/t15?,16-,17-,18?,20?/m1/s1. The van der Waals surface area contributed by atoms with E-state index >= 15 is 0 Å². The van der Waals surface area contributed by atoms with E-state index in [0.717, 1.165) is 44.9 Å². The number of carboxylic acids is 1. The molecule has 0 amide bonds. The van der Waals surface area contributed by atoms with Gasteiger partial charge in [0.2, 0.25) is 0 Å². The molecule has 5 atom stereocenters. The van der Waals surface area contributed by atoms with Gasteiger partial charge in [0.15, 0.2) is 6.29 Å². The van der Waals surface area contributed by atoms with Crippen LogP contribution >= 0.6 is 0 Å². The number of ether oxygens (including phenoxy) is 2. The molecular formula is C20H32O5. The molecular weight excluding hydrogens is 320 g/mol. The molecule has 25 heavy (non-hydrogen) atoms. The van der Waals surface area contributed by atoms with Crippen molar-refractivity contribution in [2.75, 3.05) is 0 Å². The molecule has 3 heterocycles. The summed E-state index contributed by atoms with van der Waals surface area (Å²) in [5.41, 5.74) is 0. The average molecular weight is 352 g/mol. The fourth-order valence-electron chi connectivity index (χ4n) is 3.38. The molecule has 0 radical (unpaired) electrons. The number of aliphatic hydroxyl groups is 1. The van der Waals surface area contributed by atoms with Gasteiger partial charge in [-0.3, -0.25) is 4.79 Å². The van der Waals surface area contributed by atoms with E-state index in [1.165, 1.54) is 0 Å². The van der Waals surface area contributed by atoms with E-state index in [0.29, 0.717) is 6.42 Å². The van der Waals surface area contributed by atoms with Gasteiger partial charge in [0, 0.05) is 18.8 Å². The number of carbonyl (C=O) groups is 1. The van der Waals surface area contributed by atoms with Gasteiger partial charge in [-0.2, -0.15) is 0 Å². The van der Waals surface area contributed by atoms with Crippen molar-refractivity contribution >= 4 is 5.97 Å². The molecule has 2 N–H and O–H groups in total. The topological polar surface area (TPSA) is 76.0 Å². The van der Waals surface area contributed by atoms with Gasteiger partial charge in [-0.1, -0.05) is 50.5 Å². The Hall–Kier alpha value is -1.17. The van der Waals surface area contributed by atoms with Crippen LogP contribution in [0.3, 0.4) is 0 Å². The smallest absolute Gasteiger partial charge is 0.303 e. The van der Waals surface area contributed by atoms with E-state index in [1.807, 2.05) is 18.2 Å². The monoisotopic (exact) mass is 352 g/mol. The summed E-state index contributed by atoms with van der Waals surface area (Å²) in [6.07, 6.45) is 15.4. The van der Waals surface area contributed by atoms with Crippen LogP contribution in [0.2, 0.25) is 0 Å². The summed E-state index contributed by atoms with van der Waals surface area (Å²) in [5, 5.41) is 18.7. The molecule has 5 heteroatoms. The first-order chi connectivity index (χ1) is 12.1. The number of aliphatic carboxylic acids is 1. The largest absolute Gasteiger partial charge is 0.481 e. The molecule has 3 aliphatic rings. The predicted octanol–water partition coefficient (Wildman–Crippen LogP) is 3.82. The van der Waals surface area contributed by atoms with Crippen molar-refractivity contribution in [3.8, 4) is 0 Å². The molecule has 3 rings (SSSR count). The van der Waals surface area contributed by atoms with Crippen LogP contribution in [-0.2, 0) is 14.3 Å². The number of unbranched alkanes of at least 4 members (excludes halogenated alkanes) is 3. The third-order valence-corrected chi connectivity index (χ3v) is 4.92. The molecule has 0 aliphatic carbocycles. The van der Waals surface area contributed by atoms with Crippen LogP contribution in [-0.4, -0.2) is 40.8 Å². The lowest BCUT2D eigenvalue weighted by atomic mass is 9.84. The Bertz CT molecular complexity index is 453. The summed E-state index contributed by atoms with van der Waals surface area (Å²) in [5.74, 6) is -0.481. The van der Waals surface area contributed by atoms with Gasteiger partial charge >= 0.3 is 5.97 Å². The lowest BCUT2D eigenvalue weighted by molar-refractivity contribution is -0.337. The number of carboxylic acid groups (broad SMARTS) is 1. The Morgan fingerprint density at radius 1 is 1.24 bits per heavy atom. The summed E-state index contributed by atoms with van der Waals surface area (Å²) in [7, 11) is 0. The van der Waals surface area contributed by atoms with Crippen LogP contribution in [0.15, 0.2) is 24.3 Å². The summed E-state index contributed by atoms with van der Waals surface area (Å²) in [6, 6.07) is 0. The predicted molar refractivity (Wildman–Crippen MR) is 96.2 cm³/mol. The molecule has 0 aromatic rings. The molecule has 5 nitrogen and oxygen atoms in total. The highest BCUT2D eigenvalue weighted by Gasteiger charge is 2.46. The number of fused-ring (bicyclic) bond motifs is 2. The van der Waals surface area contributed by atoms with Crippen molar-refractivity contribution in [1.82, 2.24) is 0 Å². The number of aliphatic hydroxyl groups excluding tert-OH is 1. The molecule has 142 valence electrons. The Kier molecular flexibility index (Phi) is 8.65. The van der Waals surface area contributed by atoms with E-state index in [4.69, 9.17) is 14.6 Å². The van der Waals surface area contributed by atoms with E-state index < -0.39 is 12.1 Å². The Labute approximate surface area is 150 Å². The summed E-state index contributed by atoms with van der Waals surface area (Å²) < 4.78 is 11.6.